The summed E-state index contributed by atoms with van der Waals surface area (Å²) in [5.74, 6) is 1.07. The molecular weight excluding hydrogens is 272 g/mol. The minimum Gasteiger partial charge on any atom is -0.490 e. The Kier molecular flexibility index (Phi) is 3.27. The number of nitrogens with one attached hydrogen (secondary N) is 1. The molecule has 0 aliphatic carbocycles. The molecule has 21 heavy (non-hydrogen) atoms. The molecule has 108 valence electrons. The van der Waals surface area contributed by atoms with E-state index in [2.05, 4.69) is 4.98 Å². The molecule has 3 rings (SSSR count). The highest BCUT2D eigenvalue weighted by Crippen LogP contribution is 2.35. The number of aromatic amines is 1. The van der Waals surface area contributed by atoms with Crippen molar-refractivity contribution in [3.05, 3.63) is 46.9 Å². The van der Waals surface area contributed by atoms with Gasteiger partial charge in [0.05, 0.1) is 17.8 Å². The largest absolute Gasteiger partial charge is 0.490 e. The van der Waals surface area contributed by atoms with Crippen molar-refractivity contribution in [2.24, 2.45) is 0 Å². The van der Waals surface area contributed by atoms with Gasteiger partial charge in [0, 0.05) is 12.1 Å². The summed E-state index contributed by atoms with van der Waals surface area (Å²) >= 11 is 0. The van der Waals surface area contributed by atoms with Gasteiger partial charge in [0.25, 0.3) is 0 Å². The van der Waals surface area contributed by atoms with E-state index in [1.54, 1.807) is 18.2 Å². The van der Waals surface area contributed by atoms with Crippen molar-refractivity contribution >= 4 is 16.8 Å². The van der Waals surface area contributed by atoms with E-state index in [1.165, 1.54) is 0 Å². The van der Waals surface area contributed by atoms with Gasteiger partial charge < -0.3 is 19.6 Å². The van der Waals surface area contributed by atoms with E-state index in [4.69, 9.17) is 19.6 Å². The van der Waals surface area contributed by atoms with Gasteiger partial charge >= 0.3 is 5.76 Å². The molecule has 0 aliphatic heterocycles. The molecule has 0 aliphatic rings. The number of hydrogen-bond donors (Lipinski definition) is 2. The van der Waals surface area contributed by atoms with E-state index >= 15 is 0 Å². The van der Waals surface area contributed by atoms with Crippen molar-refractivity contribution in [3.8, 4) is 17.2 Å². The second-order valence-corrected chi connectivity index (χ2v) is 4.38. The fourth-order valence-corrected chi connectivity index (χ4v) is 2.01. The molecule has 3 N–H and O–H groups in total. The molecule has 0 unspecified atom stereocenters. The maximum absolute atomic E-state index is 11.2. The highest BCUT2D eigenvalue weighted by Gasteiger charge is 2.11. The van der Waals surface area contributed by atoms with Crippen LogP contribution in [0.25, 0.3) is 11.1 Å². The van der Waals surface area contributed by atoms with Gasteiger partial charge in [-0.15, -0.1) is 0 Å². The molecule has 6 nitrogen and oxygen atoms in total. The van der Waals surface area contributed by atoms with Crippen molar-refractivity contribution in [1.29, 1.82) is 0 Å². The number of fused-ring (bicyclic) bond motifs is 1. The Labute approximate surface area is 120 Å². The second kappa shape index (κ2) is 5.24. The molecule has 0 atom stereocenters. The van der Waals surface area contributed by atoms with E-state index < -0.39 is 5.76 Å². The van der Waals surface area contributed by atoms with E-state index in [9.17, 15) is 4.79 Å². The van der Waals surface area contributed by atoms with E-state index in [1.807, 2.05) is 25.1 Å². The lowest BCUT2D eigenvalue weighted by molar-refractivity contribution is 0.321. The molecule has 0 radical (unpaired) electrons. The van der Waals surface area contributed by atoms with E-state index in [-0.39, 0.29) is 0 Å². The fourth-order valence-electron chi connectivity index (χ4n) is 2.01. The lowest BCUT2D eigenvalue weighted by atomic mass is 10.2. The third-order valence-corrected chi connectivity index (χ3v) is 2.92. The van der Waals surface area contributed by atoms with Crippen LogP contribution in [0.4, 0.5) is 5.69 Å². The molecule has 3 aromatic rings. The lowest BCUT2D eigenvalue weighted by Crippen LogP contribution is -1.97. The molecule has 0 bridgehead atoms. The number of nitrogen functional groups attached to an aromatic ring is 1. The summed E-state index contributed by atoms with van der Waals surface area (Å²) in [5, 5.41) is 0. The number of rotatable bonds is 4. The van der Waals surface area contributed by atoms with Crippen LogP contribution in [-0.2, 0) is 0 Å². The maximum Gasteiger partial charge on any atom is 0.417 e. The summed E-state index contributed by atoms with van der Waals surface area (Å²) in [7, 11) is 0. The molecule has 2 aromatic carbocycles. The van der Waals surface area contributed by atoms with Crippen LogP contribution in [0.1, 0.15) is 6.92 Å². The number of ether oxygens (including phenoxy) is 2. The third kappa shape index (κ3) is 2.55. The van der Waals surface area contributed by atoms with Crippen molar-refractivity contribution in [1.82, 2.24) is 4.98 Å². The average Bonchev–Trinajstić information content (AvgIpc) is 2.81. The van der Waals surface area contributed by atoms with Crippen molar-refractivity contribution in [3.63, 3.8) is 0 Å². The number of H-pyrrole nitrogens is 1. The molecular formula is C15H14N2O4. The number of para-hydroxylation sites is 2. The normalized spacial score (nSPS) is 10.7. The van der Waals surface area contributed by atoms with Crippen molar-refractivity contribution < 1.29 is 13.9 Å². The highest BCUT2D eigenvalue weighted by molar-refractivity contribution is 5.80. The third-order valence-electron chi connectivity index (χ3n) is 2.92. The second-order valence-electron chi connectivity index (χ2n) is 4.38. The first-order chi connectivity index (χ1) is 10.2. The van der Waals surface area contributed by atoms with Crippen LogP contribution in [-0.4, -0.2) is 11.6 Å². The summed E-state index contributed by atoms with van der Waals surface area (Å²) in [6, 6.07) is 10.5. The number of hydrogen-bond acceptors (Lipinski definition) is 5. The molecule has 0 spiro atoms. The zero-order chi connectivity index (χ0) is 14.8. The molecule has 0 fully saturated rings. The molecule has 1 aromatic heterocycles. The predicted octanol–water partition coefficient (Wildman–Crippen LogP) is 2.89. The molecule has 0 amide bonds. The van der Waals surface area contributed by atoms with Crippen LogP contribution in [0.5, 0.6) is 17.2 Å². The molecule has 1 heterocycles. The van der Waals surface area contributed by atoms with Gasteiger partial charge in [-0.05, 0) is 19.1 Å². The summed E-state index contributed by atoms with van der Waals surface area (Å²) < 4.78 is 16.2. The van der Waals surface area contributed by atoms with Crippen LogP contribution in [0, 0.1) is 0 Å². The lowest BCUT2D eigenvalue weighted by Gasteiger charge is -2.12. The number of benzene rings is 2. The van der Waals surface area contributed by atoms with E-state index in [0.29, 0.717) is 40.6 Å². The quantitative estimate of drug-likeness (QED) is 0.720. The van der Waals surface area contributed by atoms with Crippen molar-refractivity contribution in [2.75, 3.05) is 12.3 Å². The van der Waals surface area contributed by atoms with Crippen LogP contribution in [0.2, 0.25) is 0 Å². The van der Waals surface area contributed by atoms with Gasteiger partial charge in [-0.25, -0.2) is 4.79 Å². The van der Waals surface area contributed by atoms with Gasteiger partial charge in [-0.2, -0.15) is 0 Å². The number of aromatic nitrogens is 1. The van der Waals surface area contributed by atoms with Gasteiger partial charge in [-0.1, -0.05) is 12.1 Å². The smallest absolute Gasteiger partial charge is 0.417 e. The van der Waals surface area contributed by atoms with Crippen LogP contribution >= 0.6 is 0 Å². The monoisotopic (exact) mass is 286 g/mol. The SMILES string of the molecule is CCOc1ccccc1Oc1cc2[nH]c(=O)oc2cc1N. The summed E-state index contributed by atoms with van der Waals surface area (Å²) in [6.45, 7) is 2.43. The van der Waals surface area contributed by atoms with E-state index in [0.717, 1.165) is 0 Å². The highest BCUT2D eigenvalue weighted by atomic mass is 16.5. The molecule has 0 saturated heterocycles. The first-order valence-corrected chi connectivity index (χ1v) is 6.49. The Balaban J connectivity index is 2.01. The molecule has 6 heteroatoms. The molecule has 0 saturated carbocycles. The summed E-state index contributed by atoms with van der Waals surface area (Å²) in [6.07, 6.45) is 0. The van der Waals surface area contributed by atoms with Gasteiger partial charge in [0.15, 0.2) is 22.8 Å². The first-order valence-electron chi connectivity index (χ1n) is 6.49. The summed E-state index contributed by atoms with van der Waals surface area (Å²) in [4.78, 5) is 13.7. The first kappa shape index (κ1) is 13.1. The Morgan fingerprint density at radius 3 is 2.71 bits per heavy atom. The van der Waals surface area contributed by atoms with Crippen LogP contribution in [0.15, 0.2) is 45.6 Å². The van der Waals surface area contributed by atoms with Gasteiger partial charge in [0.1, 0.15) is 0 Å². The number of nitrogens with two attached hydrogens (primary N) is 1. The van der Waals surface area contributed by atoms with Crippen LogP contribution in [0.3, 0.4) is 0 Å². The fraction of sp³-hybridized carbons (Fsp3) is 0.133. The Morgan fingerprint density at radius 1 is 1.19 bits per heavy atom. The minimum absolute atomic E-state index is 0.372. The standard InChI is InChI=1S/C15H14N2O4/c1-2-19-11-5-3-4-6-12(11)20-13-8-10-14(7-9(13)16)21-15(18)17-10/h3-8H,2,16H2,1H3,(H,17,18). The maximum atomic E-state index is 11.2. The zero-order valence-electron chi connectivity index (χ0n) is 11.4. The minimum atomic E-state index is -0.531. The number of anilines is 1. The number of oxazole rings is 1. The Morgan fingerprint density at radius 2 is 1.95 bits per heavy atom. The topological polar surface area (TPSA) is 90.5 Å². The summed E-state index contributed by atoms with van der Waals surface area (Å²) in [5.41, 5.74) is 7.22. The van der Waals surface area contributed by atoms with Gasteiger partial charge in [0.2, 0.25) is 0 Å². The van der Waals surface area contributed by atoms with Crippen LogP contribution < -0.4 is 21.0 Å². The average molecular weight is 286 g/mol. The Bertz CT molecular complexity index is 835. The zero-order valence-corrected chi connectivity index (χ0v) is 11.4. The van der Waals surface area contributed by atoms with Crippen molar-refractivity contribution in [2.45, 2.75) is 6.92 Å². The van der Waals surface area contributed by atoms with Gasteiger partial charge in [-0.3, -0.25) is 4.98 Å². The Hall–Kier alpha value is -2.89. The predicted molar refractivity (Wildman–Crippen MR) is 78.9 cm³/mol.